The molecule has 0 amide bonds. The Morgan fingerprint density at radius 1 is 1.30 bits per heavy atom. The van der Waals surface area contributed by atoms with E-state index in [2.05, 4.69) is 50.5 Å². The van der Waals surface area contributed by atoms with Gasteiger partial charge in [0, 0.05) is 63.0 Å². The molecule has 2 heterocycles. The zero-order valence-electron chi connectivity index (χ0n) is 18.1. The predicted molar refractivity (Wildman–Crippen MR) is 119 cm³/mol. The first-order chi connectivity index (χ1) is 14.4. The van der Waals surface area contributed by atoms with E-state index in [0.717, 1.165) is 23.8 Å². The summed E-state index contributed by atoms with van der Waals surface area (Å²) in [5, 5.41) is 12.7. The highest BCUT2D eigenvalue weighted by Crippen LogP contribution is 2.19. The van der Waals surface area contributed by atoms with Gasteiger partial charge in [-0.25, -0.2) is 0 Å². The molecule has 0 atom stereocenters. The monoisotopic (exact) mass is 429 g/mol. The third-order valence-corrected chi connectivity index (χ3v) is 4.91. The molecule has 0 saturated heterocycles. The van der Waals surface area contributed by atoms with Gasteiger partial charge >= 0.3 is 0 Å². The van der Waals surface area contributed by atoms with Crippen molar-refractivity contribution in [2.24, 2.45) is 12.0 Å². The summed E-state index contributed by atoms with van der Waals surface area (Å²) in [5.74, 6) is 2.30. The number of hydrogen-bond donors (Lipinski definition) is 1. The van der Waals surface area contributed by atoms with Crippen LogP contribution in [0.4, 0.5) is 0 Å². The number of halogens is 1. The molecule has 30 heavy (non-hydrogen) atoms. The molecule has 1 N–H and O–H groups in total. The van der Waals surface area contributed by atoms with Crippen molar-refractivity contribution in [2.75, 3.05) is 20.6 Å². The van der Waals surface area contributed by atoms with Gasteiger partial charge in [-0.2, -0.15) is 10.1 Å². The Morgan fingerprint density at radius 2 is 2.03 bits per heavy atom. The van der Waals surface area contributed by atoms with Gasteiger partial charge in [0.25, 0.3) is 0 Å². The Labute approximate surface area is 181 Å². The molecular weight excluding hydrogens is 402 g/mol. The first-order valence-corrected chi connectivity index (χ1v) is 10.3. The summed E-state index contributed by atoms with van der Waals surface area (Å²) < 4.78 is 7.23. The molecule has 0 radical (unpaired) electrons. The van der Waals surface area contributed by atoms with Crippen LogP contribution in [0.1, 0.15) is 36.9 Å². The van der Waals surface area contributed by atoms with E-state index in [4.69, 9.17) is 16.1 Å². The molecule has 0 aliphatic carbocycles. The number of benzene rings is 1. The molecular formula is C21H28ClN7O. The number of aliphatic imine (C=N–C) groups is 1. The van der Waals surface area contributed by atoms with E-state index in [-0.39, 0.29) is 0 Å². The summed E-state index contributed by atoms with van der Waals surface area (Å²) in [5.41, 5.74) is 3.18. The van der Waals surface area contributed by atoms with Gasteiger partial charge in [-0.3, -0.25) is 9.67 Å². The fourth-order valence-electron chi connectivity index (χ4n) is 3.23. The van der Waals surface area contributed by atoms with E-state index in [0.29, 0.717) is 35.6 Å². The van der Waals surface area contributed by atoms with E-state index >= 15 is 0 Å². The number of hydrogen-bond acceptors (Lipinski definition) is 5. The van der Waals surface area contributed by atoms with Crippen LogP contribution in [0.5, 0.6) is 0 Å². The summed E-state index contributed by atoms with van der Waals surface area (Å²) in [4.78, 5) is 10.9. The molecule has 8 nitrogen and oxygen atoms in total. The number of nitrogens with one attached hydrogen (secondary N) is 1. The fraction of sp³-hybridized carbons (Fsp3) is 0.429. The average Bonchev–Trinajstić information content (AvgIpc) is 3.32. The fourth-order valence-corrected chi connectivity index (χ4v) is 3.36. The van der Waals surface area contributed by atoms with Crippen LogP contribution in [-0.4, -0.2) is 51.4 Å². The molecule has 0 fully saturated rings. The lowest BCUT2D eigenvalue weighted by atomic mass is 10.1. The second-order valence-corrected chi connectivity index (χ2v) is 7.90. The summed E-state index contributed by atoms with van der Waals surface area (Å²) in [6.45, 7) is 5.66. The molecule has 0 aliphatic heterocycles. The van der Waals surface area contributed by atoms with Crippen LogP contribution >= 0.6 is 11.6 Å². The zero-order valence-corrected chi connectivity index (χ0v) is 18.8. The lowest BCUT2D eigenvalue weighted by Crippen LogP contribution is -2.39. The second kappa shape index (κ2) is 9.75. The van der Waals surface area contributed by atoms with Crippen molar-refractivity contribution in [1.82, 2.24) is 30.1 Å². The number of rotatable bonds is 7. The quantitative estimate of drug-likeness (QED) is 0.457. The maximum absolute atomic E-state index is 5.93. The zero-order chi connectivity index (χ0) is 21.7. The first kappa shape index (κ1) is 21.8. The molecule has 1 aromatic carbocycles. The molecule has 0 bridgehead atoms. The Hall–Kier alpha value is -2.87. The molecule has 0 unspecified atom stereocenters. The second-order valence-electron chi connectivity index (χ2n) is 7.47. The summed E-state index contributed by atoms with van der Waals surface area (Å²) in [6, 6.07) is 7.36. The van der Waals surface area contributed by atoms with Crippen molar-refractivity contribution >= 4 is 17.6 Å². The van der Waals surface area contributed by atoms with Crippen molar-refractivity contribution in [3.63, 3.8) is 0 Å². The SMILES string of the molecule is CN=C(NCCc1nc(-c2ccc(Cl)cc2)no1)N(C)Cc1cn(C)nc1C(C)C. The van der Waals surface area contributed by atoms with E-state index in [1.54, 1.807) is 19.2 Å². The first-order valence-electron chi connectivity index (χ1n) is 9.90. The molecule has 0 spiro atoms. The van der Waals surface area contributed by atoms with Crippen LogP contribution in [0.15, 0.2) is 40.0 Å². The highest BCUT2D eigenvalue weighted by molar-refractivity contribution is 6.30. The van der Waals surface area contributed by atoms with Gasteiger partial charge in [-0.15, -0.1) is 0 Å². The van der Waals surface area contributed by atoms with Crippen LogP contribution in [0.2, 0.25) is 5.02 Å². The summed E-state index contributed by atoms with van der Waals surface area (Å²) in [6.07, 6.45) is 2.66. The lowest BCUT2D eigenvalue weighted by molar-refractivity contribution is 0.377. The summed E-state index contributed by atoms with van der Waals surface area (Å²) in [7, 11) is 5.74. The standard InChI is InChI=1S/C21H28ClN7O/c1-14(2)19-16(13-29(5)26-19)12-28(4)21(23-3)24-11-10-18-25-20(27-30-18)15-6-8-17(22)9-7-15/h6-9,13-14H,10-12H2,1-5H3,(H,23,24). The Bertz CT molecular complexity index is 991. The molecule has 9 heteroatoms. The van der Waals surface area contributed by atoms with Crippen molar-refractivity contribution in [3.05, 3.63) is 52.6 Å². The van der Waals surface area contributed by atoms with Gasteiger partial charge < -0.3 is 14.7 Å². The van der Waals surface area contributed by atoms with Crippen LogP contribution in [0, 0.1) is 0 Å². The number of aryl methyl sites for hydroxylation is 1. The molecule has 3 rings (SSSR count). The number of aromatic nitrogens is 4. The smallest absolute Gasteiger partial charge is 0.228 e. The highest BCUT2D eigenvalue weighted by atomic mass is 35.5. The highest BCUT2D eigenvalue weighted by Gasteiger charge is 2.15. The number of nitrogens with zero attached hydrogens (tertiary/aromatic N) is 6. The van der Waals surface area contributed by atoms with Crippen molar-refractivity contribution in [3.8, 4) is 11.4 Å². The van der Waals surface area contributed by atoms with E-state index in [1.165, 1.54) is 5.56 Å². The van der Waals surface area contributed by atoms with Gasteiger partial charge in [0.1, 0.15) is 0 Å². The molecule has 0 aliphatic rings. The van der Waals surface area contributed by atoms with Crippen molar-refractivity contribution in [2.45, 2.75) is 32.7 Å². The van der Waals surface area contributed by atoms with Crippen LogP contribution in [-0.2, 0) is 20.0 Å². The Morgan fingerprint density at radius 3 is 2.70 bits per heavy atom. The summed E-state index contributed by atoms with van der Waals surface area (Å²) >= 11 is 5.93. The molecule has 160 valence electrons. The predicted octanol–water partition coefficient (Wildman–Crippen LogP) is 3.50. The third-order valence-electron chi connectivity index (χ3n) is 4.66. The van der Waals surface area contributed by atoms with Crippen LogP contribution in [0.3, 0.4) is 0 Å². The van der Waals surface area contributed by atoms with E-state index < -0.39 is 0 Å². The average molecular weight is 430 g/mol. The maximum Gasteiger partial charge on any atom is 0.228 e. The third kappa shape index (κ3) is 5.38. The molecule has 2 aromatic heterocycles. The Balaban J connectivity index is 1.55. The van der Waals surface area contributed by atoms with Gasteiger partial charge in [0.15, 0.2) is 5.96 Å². The minimum absolute atomic E-state index is 0.372. The van der Waals surface area contributed by atoms with Gasteiger partial charge in [0.2, 0.25) is 11.7 Å². The van der Waals surface area contributed by atoms with Crippen LogP contribution < -0.4 is 5.32 Å². The van der Waals surface area contributed by atoms with Crippen molar-refractivity contribution < 1.29 is 4.52 Å². The maximum atomic E-state index is 5.93. The Kier molecular flexibility index (Phi) is 7.10. The largest absolute Gasteiger partial charge is 0.356 e. The van der Waals surface area contributed by atoms with Crippen molar-refractivity contribution in [1.29, 1.82) is 0 Å². The van der Waals surface area contributed by atoms with E-state index in [9.17, 15) is 0 Å². The molecule has 0 saturated carbocycles. The minimum Gasteiger partial charge on any atom is -0.356 e. The topological polar surface area (TPSA) is 84.4 Å². The van der Waals surface area contributed by atoms with Crippen LogP contribution in [0.25, 0.3) is 11.4 Å². The van der Waals surface area contributed by atoms with Gasteiger partial charge in [0.05, 0.1) is 5.69 Å². The van der Waals surface area contributed by atoms with Gasteiger partial charge in [-0.05, 0) is 30.2 Å². The lowest BCUT2D eigenvalue weighted by Gasteiger charge is -2.22. The number of guanidine groups is 1. The molecule has 3 aromatic rings. The normalized spacial score (nSPS) is 11.9. The van der Waals surface area contributed by atoms with E-state index in [1.807, 2.05) is 30.9 Å². The minimum atomic E-state index is 0.372. The van der Waals surface area contributed by atoms with Gasteiger partial charge in [-0.1, -0.05) is 30.6 Å².